The highest BCUT2D eigenvalue weighted by Crippen LogP contribution is 2.31. The van der Waals surface area contributed by atoms with Gasteiger partial charge in [0.2, 0.25) is 17.1 Å². The fourth-order valence-corrected chi connectivity index (χ4v) is 5.01. The van der Waals surface area contributed by atoms with Crippen LogP contribution in [0, 0.1) is 0 Å². The molecule has 5 heterocycles. The van der Waals surface area contributed by atoms with Gasteiger partial charge in [-0.1, -0.05) is 12.1 Å². The van der Waals surface area contributed by atoms with Gasteiger partial charge in [-0.25, -0.2) is 0 Å². The standard InChI is InChI=1S/C20H24N8O2S2/c1-2-5-28-16(15-4-3-14-31-15)24-25-20(28)32-19-22-17(26-6-10-29-11-7-26)21-18(23-19)27-8-12-30-13-9-27/h2-4,14H,1,5-13H2. The van der Waals surface area contributed by atoms with Crippen LogP contribution in [0.15, 0.2) is 40.5 Å². The van der Waals surface area contributed by atoms with Crippen molar-refractivity contribution in [2.24, 2.45) is 0 Å². The Morgan fingerprint density at radius 3 is 2.19 bits per heavy atom. The lowest BCUT2D eigenvalue weighted by molar-refractivity contribution is 0.121. The first-order valence-corrected chi connectivity index (χ1v) is 12.2. The molecule has 3 aromatic heterocycles. The molecule has 0 aromatic carbocycles. The van der Waals surface area contributed by atoms with Crippen LogP contribution in [0.4, 0.5) is 11.9 Å². The number of thiophene rings is 1. The van der Waals surface area contributed by atoms with Gasteiger partial charge in [0.25, 0.3) is 0 Å². The highest BCUT2D eigenvalue weighted by Gasteiger charge is 2.23. The number of rotatable bonds is 7. The van der Waals surface area contributed by atoms with Gasteiger partial charge in [0.1, 0.15) is 0 Å². The van der Waals surface area contributed by atoms with E-state index in [9.17, 15) is 0 Å². The van der Waals surface area contributed by atoms with Crippen LogP contribution in [-0.4, -0.2) is 82.3 Å². The largest absolute Gasteiger partial charge is 0.378 e. The van der Waals surface area contributed by atoms with Crippen molar-refractivity contribution in [2.75, 3.05) is 62.4 Å². The zero-order chi connectivity index (χ0) is 21.8. The van der Waals surface area contributed by atoms with E-state index in [0.717, 1.165) is 42.0 Å². The zero-order valence-corrected chi connectivity index (χ0v) is 19.2. The molecule has 0 unspecified atom stereocenters. The summed E-state index contributed by atoms with van der Waals surface area (Å²) in [6, 6.07) is 4.05. The maximum atomic E-state index is 5.50. The van der Waals surface area contributed by atoms with Crippen LogP contribution in [0.1, 0.15) is 0 Å². The summed E-state index contributed by atoms with van der Waals surface area (Å²) < 4.78 is 13.0. The molecule has 0 radical (unpaired) electrons. The minimum atomic E-state index is 0.596. The number of morpholine rings is 2. The van der Waals surface area contributed by atoms with E-state index in [1.54, 1.807) is 11.3 Å². The van der Waals surface area contributed by atoms with Crippen LogP contribution < -0.4 is 9.80 Å². The summed E-state index contributed by atoms with van der Waals surface area (Å²) in [6.07, 6.45) is 1.84. The van der Waals surface area contributed by atoms with Crippen molar-refractivity contribution in [1.29, 1.82) is 0 Å². The maximum absolute atomic E-state index is 5.50. The molecule has 2 fully saturated rings. The average Bonchev–Trinajstić information content (AvgIpc) is 3.51. The lowest BCUT2D eigenvalue weighted by atomic mass is 10.4. The Bertz CT molecular complexity index is 1010. The summed E-state index contributed by atoms with van der Waals surface area (Å²) >= 11 is 3.03. The Labute approximate surface area is 194 Å². The van der Waals surface area contributed by atoms with Gasteiger partial charge < -0.3 is 19.3 Å². The number of aromatic nitrogens is 6. The Hall–Kier alpha value is -2.54. The Morgan fingerprint density at radius 1 is 0.969 bits per heavy atom. The van der Waals surface area contributed by atoms with Crippen molar-refractivity contribution < 1.29 is 9.47 Å². The summed E-state index contributed by atoms with van der Waals surface area (Å²) in [5.41, 5.74) is 0. The topological polar surface area (TPSA) is 94.3 Å². The quantitative estimate of drug-likeness (QED) is 0.476. The first-order valence-electron chi connectivity index (χ1n) is 10.5. The smallest absolute Gasteiger partial charge is 0.231 e. The van der Waals surface area contributed by atoms with E-state index in [1.165, 1.54) is 11.8 Å². The van der Waals surface area contributed by atoms with Crippen molar-refractivity contribution in [2.45, 2.75) is 16.9 Å². The molecule has 32 heavy (non-hydrogen) atoms. The molecule has 12 heteroatoms. The number of ether oxygens (including phenoxy) is 2. The molecule has 0 saturated carbocycles. The molecule has 3 aromatic rings. The summed E-state index contributed by atoms with van der Waals surface area (Å²) in [5.74, 6) is 2.15. The summed E-state index contributed by atoms with van der Waals surface area (Å²) in [6.45, 7) is 10.2. The predicted octanol–water partition coefficient (Wildman–Crippen LogP) is 2.20. The Balaban J connectivity index is 1.49. The van der Waals surface area contributed by atoms with Crippen LogP contribution in [0.2, 0.25) is 0 Å². The molecule has 168 valence electrons. The molecule has 2 saturated heterocycles. The van der Waals surface area contributed by atoms with Crippen LogP contribution >= 0.6 is 23.1 Å². The van der Waals surface area contributed by atoms with Crippen LogP contribution in [-0.2, 0) is 16.0 Å². The van der Waals surface area contributed by atoms with Gasteiger partial charge >= 0.3 is 0 Å². The Kier molecular flexibility index (Phi) is 6.62. The third-order valence-corrected chi connectivity index (χ3v) is 6.85. The van der Waals surface area contributed by atoms with E-state index < -0.39 is 0 Å². The highest BCUT2D eigenvalue weighted by molar-refractivity contribution is 7.99. The Morgan fingerprint density at radius 2 is 1.62 bits per heavy atom. The van der Waals surface area contributed by atoms with Crippen molar-refractivity contribution in [1.82, 2.24) is 29.7 Å². The fraction of sp³-hybridized carbons (Fsp3) is 0.450. The number of hydrogen-bond acceptors (Lipinski definition) is 11. The summed E-state index contributed by atoms with van der Waals surface area (Å²) in [5, 5.41) is 12.2. The lowest BCUT2D eigenvalue weighted by Crippen LogP contribution is -2.40. The van der Waals surface area contributed by atoms with Gasteiger partial charge in [0.15, 0.2) is 11.0 Å². The van der Waals surface area contributed by atoms with E-state index >= 15 is 0 Å². The van der Waals surface area contributed by atoms with Gasteiger partial charge in [-0.15, -0.1) is 28.1 Å². The molecule has 0 N–H and O–H groups in total. The molecule has 5 rings (SSSR count). The van der Waals surface area contributed by atoms with E-state index in [0.29, 0.717) is 50.0 Å². The first-order chi connectivity index (χ1) is 15.8. The van der Waals surface area contributed by atoms with Crippen molar-refractivity contribution >= 4 is 35.0 Å². The average molecular weight is 473 g/mol. The number of hydrogen-bond donors (Lipinski definition) is 0. The molecule has 0 atom stereocenters. The van der Waals surface area contributed by atoms with Gasteiger partial charge in [-0.2, -0.15) is 15.0 Å². The van der Waals surface area contributed by atoms with Crippen molar-refractivity contribution in [3.05, 3.63) is 30.2 Å². The highest BCUT2D eigenvalue weighted by atomic mass is 32.2. The normalized spacial score (nSPS) is 17.0. The van der Waals surface area contributed by atoms with E-state index in [1.807, 2.05) is 28.2 Å². The number of allylic oxidation sites excluding steroid dienone is 1. The monoisotopic (exact) mass is 472 g/mol. The van der Waals surface area contributed by atoms with E-state index in [-0.39, 0.29) is 0 Å². The number of nitrogens with zero attached hydrogens (tertiary/aromatic N) is 8. The van der Waals surface area contributed by atoms with Crippen LogP contribution in [0.25, 0.3) is 10.7 Å². The number of anilines is 2. The van der Waals surface area contributed by atoms with Crippen molar-refractivity contribution in [3.8, 4) is 10.7 Å². The maximum Gasteiger partial charge on any atom is 0.231 e. The molecular formula is C20H24N8O2S2. The molecule has 0 amide bonds. The van der Waals surface area contributed by atoms with Gasteiger partial charge in [0.05, 0.1) is 31.3 Å². The molecule has 2 aliphatic heterocycles. The second-order valence-electron chi connectivity index (χ2n) is 7.20. The van der Waals surface area contributed by atoms with Crippen LogP contribution in [0.5, 0.6) is 0 Å². The SMILES string of the molecule is C=CCn1c(Sc2nc(N3CCOCC3)nc(N3CCOCC3)n2)nnc1-c1cccs1. The van der Waals surface area contributed by atoms with Gasteiger partial charge in [-0.05, 0) is 23.2 Å². The molecule has 10 nitrogen and oxygen atoms in total. The molecule has 2 aliphatic rings. The van der Waals surface area contributed by atoms with Crippen molar-refractivity contribution in [3.63, 3.8) is 0 Å². The van der Waals surface area contributed by atoms with E-state index in [4.69, 9.17) is 24.4 Å². The predicted molar refractivity (Wildman–Crippen MR) is 124 cm³/mol. The molecular weight excluding hydrogens is 448 g/mol. The van der Waals surface area contributed by atoms with E-state index in [2.05, 4.69) is 26.6 Å². The first kappa shape index (κ1) is 21.3. The van der Waals surface area contributed by atoms with Gasteiger partial charge in [0, 0.05) is 32.7 Å². The minimum absolute atomic E-state index is 0.596. The van der Waals surface area contributed by atoms with Crippen LogP contribution in [0.3, 0.4) is 0 Å². The van der Waals surface area contributed by atoms with Gasteiger partial charge in [-0.3, -0.25) is 4.57 Å². The second-order valence-corrected chi connectivity index (χ2v) is 9.08. The second kappa shape index (κ2) is 9.94. The zero-order valence-electron chi connectivity index (χ0n) is 17.6. The lowest BCUT2D eigenvalue weighted by Gasteiger charge is -2.30. The third kappa shape index (κ3) is 4.63. The summed E-state index contributed by atoms with van der Waals surface area (Å²) in [7, 11) is 0. The molecule has 0 aliphatic carbocycles. The molecule has 0 bridgehead atoms. The fourth-order valence-electron chi connectivity index (χ4n) is 3.52. The summed E-state index contributed by atoms with van der Waals surface area (Å²) in [4.78, 5) is 19.7. The third-order valence-electron chi connectivity index (χ3n) is 5.13. The minimum Gasteiger partial charge on any atom is -0.378 e. The molecule has 0 spiro atoms.